The van der Waals surface area contributed by atoms with Crippen molar-refractivity contribution in [1.82, 2.24) is 9.97 Å². The van der Waals surface area contributed by atoms with Crippen LogP contribution in [-0.2, 0) is 0 Å². The Morgan fingerprint density at radius 2 is 1.42 bits per heavy atom. The summed E-state index contributed by atoms with van der Waals surface area (Å²) in [6, 6.07) is 16.9. The maximum absolute atomic E-state index is 4.74. The molecule has 0 amide bonds. The maximum Gasteiger partial charge on any atom is 0.140 e. The molecule has 0 saturated carbocycles. The highest BCUT2D eigenvalue weighted by atomic mass is 15.3. The number of aromatic nitrogens is 2. The number of benzene rings is 2. The van der Waals surface area contributed by atoms with Crippen molar-refractivity contribution in [3.05, 3.63) is 59.9 Å². The van der Waals surface area contributed by atoms with Gasteiger partial charge in [-0.2, -0.15) is 0 Å². The van der Waals surface area contributed by atoms with E-state index in [4.69, 9.17) is 4.98 Å². The average Bonchev–Trinajstić information content (AvgIpc) is 2.62. The van der Waals surface area contributed by atoms with E-state index in [2.05, 4.69) is 64.2 Å². The smallest absolute Gasteiger partial charge is 0.140 e. The third-order valence-corrected chi connectivity index (χ3v) is 4.73. The normalized spacial score (nSPS) is 15.1. The van der Waals surface area contributed by atoms with Gasteiger partial charge in [-0.15, -0.1) is 0 Å². The van der Waals surface area contributed by atoms with Crippen LogP contribution in [0.4, 0.5) is 11.5 Å². The topological polar surface area (TPSA) is 32.3 Å². The minimum absolute atomic E-state index is 0.838. The summed E-state index contributed by atoms with van der Waals surface area (Å²) in [6.07, 6.45) is 0. The van der Waals surface area contributed by atoms with Gasteiger partial charge in [0.2, 0.25) is 0 Å². The Kier molecular flexibility index (Phi) is 3.81. The number of hydrogen-bond acceptors (Lipinski definition) is 4. The zero-order valence-electron chi connectivity index (χ0n) is 14.2. The van der Waals surface area contributed by atoms with Crippen LogP contribution >= 0.6 is 0 Å². The monoisotopic (exact) mass is 318 g/mol. The van der Waals surface area contributed by atoms with Crippen LogP contribution < -0.4 is 9.80 Å². The van der Waals surface area contributed by atoms with E-state index in [-0.39, 0.29) is 0 Å². The number of piperazine rings is 1. The van der Waals surface area contributed by atoms with Gasteiger partial charge in [-0.25, -0.2) is 9.97 Å². The molecule has 0 N–H and O–H groups in total. The van der Waals surface area contributed by atoms with Gasteiger partial charge in [0.05, 0.1) is 5.52 Å². The fourth-order valence-corrected chi connectivity index (χ4v) is 3.49. The molecule has 24 heavy (non-hydrogen) atoms. The average molecular weight is 318 g/mol. The fourth-order valence-electron chi connectivity index (χ4n) is 3.49. The molecule has 1 aromatic heterocycles. The summed E-state index contributed by atoms with van der Waals surface area (Å²) < 4.78 is 0. The summed E-state index contributed by atoms with van der Waals surface area (Å²) in [5.41, 5.74) is 3.72. The first-order chi connectivity index (χ1) is 11.7. The van der Waals surface area contributed by atoms with E-state index in [0.29, 0.717) is 0 Å². The van der Waals surface area contributed by atoms with Crippen LogP contribution in [0.25, 0.3) is 10.9 Å². The van der Waals surface area contributed by atoms with Crippen LogP contribution in [0.2, 0.25) is 0 Å². The first kappa shape index (κ1) is 14.9. The van der Waals surface area contributed by atoms with Crippen LogP contribution in [0, 0.1) is 13.8 Å². The van der Waals surface area contributed by atoms with Gasteiger partial charge in [0.15, 0.2) is 0 Å². The Balaban J connectivity index is 1.60. The third-order valence-electron chi connectivity index (χ3n) is 4.73. The van der Waals surface area contributed by atoms with E-state index in [1.165, 1.54) is 11.3 Å². The molecule has 0 unspecified atom stereocenters. The minimum Gasteiger partial charge on any atom is -0.368 e. The quantitative estimate of drug-likeness (QED) is 0.723. The van der Waals surface area contributed by atoms with E-state index in [0.717, 1.165) is 48.7 Å². The maximum atomic E-state index is 4.74. The van der Waals surface area contributed by atoms with Gasteiger partial charge in [0.25, 0.3) is 0 Å². The van der Waals surface area contributed by atoms with Crippen molar-refractivity contribution in [3.63, 3.8) is 0 Å². The summed E-state index contributed by atoms with van der Waals surface area (Å²) in [4.78, 5) is 14.2. The summed E-state index contributed by atoms with van der Waals surface area (Å²) in [5, 5.41) is 1.15. The molecule has 2 aromatic carbocycles. The third kappa shape index (κ3) is 2.68. The Morgan fingerprint density at radius 1 is 0.750 bits per heavy atom. The Hall–Kier alpha value is -2.62. The second kappa shape index (κ2) is 6.11. The summed E-state index contributed by atoms with van der Waals surface area (Å²) in [6.45, 7) is 8.15. The zero-order valence-corrected chi connectivity index (χ0v) is 14.2. The van der Waals surface area contributed by atoms with Crippen molar-refractivity contribution in [2.24, 2.45) is 0 Å². The molecule has 0 aliphatic carbocycles. The summed E-state index contributed by atoms with van der Waals surface area (Å²) in [7, 11) is 0. The molecular weight excluding hydrogens is 296 g/mol. The predicted molar refractivity (Wildman–Crippen MR) is 99.9 cm³/mol. The van der Waals surface area contributed by atoms with Gasteiger partial charge in [-0.1, -0.05) is 30.3 Å². The molecule has 4 nitrogen and oxygen atoms in total. The van der Waals surface area contributed by atoms with Crippen molar-refractivity contribution >= 4 is 22.4 Å². The highest BCUT2D eigenvalue weighted by Crippen LogP contribution is 2.26. The van der Waals surface area contributed by atoms with E-state index in [9.17, 15) is 0 Å². The SMILES string of the molecule is Cc1nc(N2CCN(c3ccccc3C)CC2)c2ccccc2n1. The number of rotatable bonds is 2. The molecule has 0 bridgehead atoms. The first-order valence-electron chi connectivity index (χ1n) is 8.51. The largest absolute Gasteiger partial charge is 0.368 e. The molecule has 1 aliphatic rings. The molecule has 0 spiro atoms. The van der Waals surface area contributed by atoms with Crippen LogP contribution in [0.3, 0.4) is 0 Å². The highest BCUT2D eigenvalue weighted by molar-refractivity contribution is 5.89. The number of para-hydroxylation sites is 2. The van der Waals surface area contributed by atoms with Crippen LogP contribution in [0.15, 0.2) is 48.5 Å². The lowest BCUT2D eigenvalue weighted by Gasteiger charge is -2.37. The van der Waals surface area contributed by atoms with E-state index < -0.39 is 0 Å². The Labute approximate surface area is 142 Å². The van der Waals surface area contributed by atoms with E-state index >= 15 is 0 Å². The lowest BCUT2D eigenvalue weighted by atomic mass is 10.1. The molecule has 1 fully saturated rings. The molecule has 3 aromatic rings. The molecule has 4 rings (SSSR count). The second-order valence-electron chi connectivity index (χ2n) is 6.37. The van der Waals surface area contributed by atoms with Gasteiger partial charge in [0, 0.05) is 37.3 Å². The molecule has 2 heterocycles. The van der Waals surface area contributed by atoms with Crippen LogP contribution in [0.5, 0.6) is 0 Å². The predicted octanol–water partition coefficient (Wildman–Crippen LogP) is 3.57. The number of aryl methyl sites for hydroxylation is 2. The lowest BCUT2D eigenvalue weighted by Crippen LogP contribution is -2.47. The number of fused-ring (bicyclic) bond motifs is 1. The van der Waals surface area contributed by atoms with Crippen molar-refractivity contribution < 1.29 is 0 Å². The zero-order chi connectivity index (χ0) is 16.5. The Morgan fingerprint density at radius 3 is 2.21 bits per heavy atom. The molecule has 1 aliphatic heterocycles. The van der Waals surface area contributed by atoms with Crippen LogP contribution in [0.1, 0.15) is 11.4 Å². The lowest BCUT2D eigenvalue weighted by molar-refractivity contribution is 0.647. The molecule has 0 atom stereocenters. The molecule has 122 valence electrons. The van der Waals surface area contributed by atoms with Gasteiger partial charge >= 0.3 is 0 Å². The highest BCUT2D eigenvalue weighted by Gasteiger charge is 2.21. The van der Waals surface area contributed by atoms with E-state index in [1.54, 1.807) is 0 Å². The summed E-state index contributed by atoms with van der Waals surface area (Å²) in [5.74, 6) is 1.91. The van der Waals surface area contributed by atoms with Gasteiger partial charge in [-0.3, -0.25) is 0 Å². The van der Waals surface area contributed by atoms with Gasteiger partial charge in [-0.05, 0) is 37.6 Å². The number of anilines is 2. The summed E-state index contributed by atoms with van der Waals surface area (Å²) >= 11 is 0. The van der Waals surface area contributed by atoms with Gasteiger partial charge in [0.1, 0.15) is 11.6 Å². The fraction of sp³-hybridized carbons (Fsp3) is 0.300. The Bertz CT molecular complexity index is 866. The second-order valence-corrected chi connectivity index (χ2v) is 6.37. The van der Waals surface area contributed by atoms with Crippen molar-refractivity contribution in [1.29, 1.82) is 0 Å². The van der Waals surface area contributed by atoms with Crippen molar-refractivity contribution in [2.75, 3.05) is 36.0 Å². The molecular formula is C20H22N4. The number of nitrogens with zero attached hydrogens (tertiary/aromatic N) is 4. The van der Waals surface area contributed by atoms with Gasteiger partial charge < -0.3 is 9.80 Å². The van der Waals surface area contributed by atoms with Crippen molar-refractivity contribution in [3.8, 4) is 0 Å². The molecule has 0 radical (unpaired) electrons. The van der Waals surface area contributed by atoms with Crippen molar-refractivity contribution in [2.45, 2.75) is 13.8 Å². The first-order valence-corrected chi connectivity index (χ1v) is 8.51. The van der Waals surface area contributed by atoms with Crippen LogP contribution in [-0.4, -0.2) is 36.1 Å². The molecule has 1 saturated heterocycles. The minimum atomic E-state index is 0.838. The molecule has 4 heteroatoms. The standard InChI is InChI=1S/C20H22N4/c1-15-7-3-6-10-19(15)23-11-13-24(14-12-23)20-17-8-4-5-9-18(17)21-16(2)22-20/h3-10H,11-14H2,1-2H3. The van der Waals surface area contributed by atoms with E-state index in [1.807, 2.05) is 13.0 Å². The number of hydrogen-bond donors (Lipinski definition) is 0.